The normalized spacial score (nSPS) is 19.6. The summed E-state index contributed by atoms with van der Waals surface area (Å²) in [4.78, 5) is 14.8. The SMILES string of the molecule is Cc1cc(NC(=O)[C@H](C)N2CCC[C@H]2Cn2nc(C)cc2C)on1. The van der Waals surface area contributed by atoms with Crippen LogP contribution in [0.2, 0.25) is 0 Å². The standard InChI is InChI=1S/C17H25N5O2/c1-11-8-13(3)22(19-11)10-15-6-5-7-21(15)14(4)17(23)18-16-9-12(2)20-24-16/h8-9,14-15H,5-7,10H2,1-4H3,(H,18,23)/t14-,15-/m0/s1. The van der Waals surface area contributed by atoms with E-state index in [2.05, 4.69) is 33.5 Å². The maximum atomic E-state index is 12.5. The van der Waals surface area contributed by atoms with Crippen molar-refractivity contribution in [2.24, 2.45) is 0 Å². The van der Waals surface area contributed by atoms with Crippen molar-refractivity contribution < 1.29 is 9.32 Å². The van der Waals surface area contributed by atoms with Gasteiger partial charge in [0, 0.05) is 17.8 Å². The van der Waals surface area contributed by atoms with E-state index in [0.29, 0.717) is 11.9 Å². The van der Waals surface area contributed by atoms with Gasteiger partial charge in [0.25, 0.3) is 0 Å². The third-order valence-corrected chi connectivity index (χ3v) is 4.66. The lowest BCUT2D eigenvalue weighted by Crippen LogP contribution is -2.46. The van der Waals surface area contributed by atoms with Crippen molar-refractivity contribution in [3.63, 3.8) is 0 Å². The molecular weight excluding hydrogens is 306 g/mol. The average Bonchev–Trinajstić information content (AvgIpc) is 3.21. The number of likely N-dealkylation sites (tertiary alicyclic amines) is 1. The zero-order valence-electron chi connectivity index (χ0n) is 14.7. The number of nitrogens with zero attached hydrogens (tertiary/aromatic N) is 4. The van der Waals surface area contributed by atoms with Crippen molar-refractivity contribution in [1.82, 2.24) is 19.8 Å². The molecule has 0 aromatic carbocycles. The van der Waals surface area contributed by atoms with E-state index in [-0.39, 0.29) is 11.9 Å². The predicted octanol–water partition coefficient (Wildman–Crippen LogP) is 2.29. The van der Waals surface area contributed by atoms with E-state index in [1.54, 1.807) is 6.07 Å². The van der Waals surface area contributed by atoms with Gasteiger partial charge in [-0.3, -0.25) is 19.7 Å². The number of carbonyl (C=O) groups is 1. The molecule has 2 aromatic heterocycles. The van der Waals surface area contributed by atoms with Crippen LogP contribution in [-0.2, 0) is 11.3 Å². The second-order valence-electron chi connectivity index (χ2n) is 6.64. The van der Waals surface area contributed by atoms with Crippen molar-refractivity contribution in [3.05, 3.63) is 29.2 Å². The summed E-state index contributed by atoms with van der Waals surface area (Å²) >= 11 is 0. The maximum absolute atomic E-state index is 12.5. The molecule has 0 radical (unpaired) electrons. The Morgan fingerprint density at radius 1 is 1.38 bits per heavy atom. The number of aromatic nitrogens is 3. The van der Waals surface area contributed by atoms with Gasteiger partial charge in [0.15, 0.2) is 0 Å². The highest BCUT2D eigenvalue weighted by Gasteiger charge is 2.33. The third-order valence-electron chi connectivity index (χ3n) is 4.66. The molecule has 0 aliphatic carbocycles. The van der Waals surface area contributed by atoms with E-state index in [0.717, 1.165) is 43.0 Å². The lowest BCUT2D eigenvalue weighted by Gasteiger charge is -2.29. The van der Waals surface area contributed by atoms with Gasteiger partial charge in [0.1, 0.15) is 0 Å². The van der Waals surface area contributed by atoms with Crippen molar-refractivity contribution >= 4 is 11.8 Å². The second-order valence-corrected chi connectivity index (χ2v) is 6.64. The van der Waals surface area contributed by atoms with E-state index in [1.807, 2.05) is 25.5 Å². The van der Waals surface area contributed by atoms with Gasteiger partial charge < -0.3 is 4.52 Å². The highest BCUT2D eigenvalue weighted by molar-refractivity contribution is 5.93. The van der Waals surface area contributed by atoms with Crippen LogP contribution >= 0.6 is 0 Å². The van der Waals surface area contributed by atoms with Crippen LogP contribution in [0.3, 0.4) is 0 Å². The van der Waals surface area contributed by atoms with Gasteiger partial charge in [0.2, 0.25) is 11.8 Å². The molecule has 1 aliphatic heterocycles. The largest absolute Gasteiger partial charge is 0.338 e. The summed E-state index contributed by atoms with van der Waals surface area (Å²) in [6, 6.07) is 3.91. The number of rotatable bonds is 5. The summed E-state index contributed by atoms with van der Waals surface area (Å²) in [6.07, 6.45) is 2.18. The minimum atomic E-state index is -0.222. The first kappa shape index (κ1) is 16.7. The molecule has 1 N–H and O–H groups in total. The van der Waals surface area contributed by atoms with E-state index in [1.165, 1.54) is 0 Å². The van der Waals surface area contributed by atoms with Crippen LogP contribution in [0.25, 0.3) is 0 Å². The summed E-state index contributed by atoms with van der Waals surface area (Å²) in [5, 5.41) is 11.2. The molecule has 1 fully saturated rings. The third kappa shape index (κ3) is 3.51. The zero-order valence-corrected chi connectivity index (χ0v) is 14.7. The fourth-order valence-corrected chi connectivity index (χ4v) is 3.42. The molecule has 0 spiro atoms. The van der Waals surface area contributed by atoms with Crippen molar-refractivity contribution in [2.45, 2.75) is 59.2 Å². The van der Waals surface area contributed by atoms with Crippen LogP contribution in [0.15, 0.2) is 16.7 Å². The topological polar surface area (TPSA) is 76.2 Å². The van der Waals surface area contributed by atoms with E-state index >= 15 is 0 Å². The lowest BCUT2D eigenvalue weighted by molar-refractivity contribution is -0.121. The van der Waals surface area contributed by atoms with Crippen molar-refractivity contribution in [2.75, 3.05) is 11.9 Å². The Labute approximate surface area is 142 Å². The highest BCUT2D eigenvalue weighted by Crippen LogP contribution is 2.23. The van der Waals surface area contributed by atoms with E-state index < -0.39 is 0 Å². The number of nitrogens with one attached hydrogen (secondary N) is 1. The molecule has 7 nitrogen and oxygen atoms in total. The van der Waals surface area contributed by atoms with Crippen LogP contribution in [0.5, 0.6) is 0 Å². The molecule has 0 saturated carbocycles. The first-order chi connectivity index (χ1) is 11.4. The Morgan fingerprint density at radius 3 is 2.79 bits per heavy atom. The number of anilines is 1. The van der Waals surface area contributed by atoms with E-state index in [9.17, 15) is 4.79 Å². The van der Waals surface area contributed by atoms with Crippen LogP contribution < -0.4 is 5.32 Å². The quantitative estimate of drug-likeness (QED) is 0.910. The fraction of sp³-hybridized carbons (Fsp3) is 0.588. The molecule has 3 rings (SSSR count). The van der Waals surface area contributed by atoms with Gasteiger partial charge >= 0.3 is 0 Å². The number of hydrogen-bond acceptors (Lipinski definition) is 5. The Balaban J connectivity index is 1.65. The van der Waals surface area contributed by atoms with Crippen LogP contribution in [0, 0.1) is 20.8 Å². The average molecular weight is 331 g/mol. The first-order valence-electron chi connectivity index (χ1n) is 8.45. The van der Waals surface area contributed by atoms with Crippen molar-refractivity contribution in [1.29, 1.82) is 0 Å². The predicted molar refractivity (Wildman–Crippen MR) is 90.8 cm³/mol. The van der Waals surface area contributed by atoms with Gasteiger partial charge in [-0.15, -0.1) is 0 Å². The minimum Gasteiger partial charge on any atom is -0.338 e. The fourth-order valence-electron chi connectivity index (χ4n) is 3.42. The summed E-state index contributed by atoms with van der Waals surface area (Å²) in [5.74, 6) is 0.338. The van der Waals surface area contributed by atoms with E-state index in [4.69, 9.17) is 4.52 Å². The highest BCUT2D eigenvalue weighted by atomic mass is 16.5. The molecule has 1 aliphatic rings. The smallest absolute Gasteiger partial charge is 0.243 e. The molecule has 7 heteroatoms. The Hall–Kier alpha value is -2.15. The molecule has 24 heavy (non-hydrogen) atoms. The van der Waals surface area contributed by atoms with Crippen LogP contribution in [0.4, 0.5) is 5.88 Å². The summed E-state index contributed by atoms with van der Waals surface area (Å²) in [5.41, 5.74) is 2.94. The molecule has 2 aromatic rings. The number of amides is 1. The Kier molecular flexibility index (Phi) is 4.71. The summed E-state index contributed by atoms with van der Waals surface area (Å²) < 4.78 is 7.12. The van der Waals surface area contributed by atoms with Crippen LogP contribution in [0.1, 0.15) is 36.8 Å². The number of carbonyl (C=O) groups excluding carboxylic acids is 1. The van der Waals surface area contributed by atoms with Crippen molar-refractivity contribution in [3.8, 4) is 0 Å². The Bertz CT molecular complexity index is 720. The molecule has 130 valence electrons. The van der Waals surface area contributed by atoms with Gasteiger partial charge in [-0.25, -0.2) is 0 Å². The molecule has 0 unspecified atom stereocenters. The molecule has 3 heterocycles. The maximum Gasteiger partial charge on any atom is 0.243 e. The lowest BCUT2D eigenvalue weighted by atomic mass is 10.2. The van der Waals surface area contributed by atoms with Gasteiger partial charge in [-0.2, -0.15) is 5.10 Å². The molecule has 1 saturated heterocycles. The Morgan fingerprint density at radius 2 is 2.17 bits per heavy atom. The molecular formula is C17H25N5O2. The number of hydrogen-bond donors (Lipinski definition) is 1. The molecule has 0 bridgehead atoms. The van der Waals surface area contributed by atoms with Gasteiger partial charge in [-0.05, 0) is 53.1 Å². The first-order valence-corrected chi connectivity index (χ1v) is 8.45. The molecule has 1 amide bonds. The molecule has 2 atom stereocenters. The monoisotopic (exact) mass is 331 g/mol. The van der Waals surface area contributed by atoms with Crippen LogP contribution in [-0.4, -0.2) is 44.4 Å². The number of aryl methyl sites for hydroxylation is 3. The zero-order chi connectivity index (χ0) is 17.3. The summed E-state index contributed by atoms with van der Waals surface area (Å²) in [7, 11) is 0. The van der Waals surface area contributed by atoms with Gasteiger partial charge in [0.05, 0.1) is 24.0 Å². The second kappa shape index (κ2) is 6.76. The van der Waals surface area contributed by atoms with Gasteiger partial charge in [-0.1, -0.05) is 5.16 Å². The summed E-state index contributed by atoms with van der Waals surface area (Å²) in [6.45, 7) is 9.59. The minimum absolute atomic E-state index is 0.0635.